The molecule has 0 spiro atoms. The van der Waals surface area contributed by atoms with E-state index in [4.69, 9.17) is 9.88 Å². The highest BCUT2D eigenvalue weighted by Gasteiger charge is 2.13. The number of benzene rings is 1. The van der Waals surface area contributed by atoms with Gasteiger partial charge in [0.25, 0.3) is 10.2 Å². The van der Waals surface area contributed by atoms with Crippen molar-refractivity contribution in [2.45, 2.75) is 6.54 Å². The molecule has 1 heterocycles. The third kappa shape index (κ3) is 3.90. The minimum atomic E-state index is -3.63. The highest BCUT2D eigenvalue weighted by atomic mass is 32.2. The maximum Gasteiger partial charge on any atom is 0.276 e. The maximum atomic E-state index is 11.1. The van der Waals surface area contributed by atoms with Crippen molar-refractivity contribution in [1.82, 2.24) is 4.31 Å². The van der Waals surface area contributed by atoms with Crippen LogP contribution in [0.1, 0.15) is 5.56 Å². The summed E-state index contributed by atoms with van der Waals surface area (Å²) in [6, 6.07) is 7.84. The normalized spacial score (nSPS) is 16.9. The van der Waals surface area contributed by atoms with Crippen LogP contribution < -0.4 is 10.0 Å². The van der Waals surface area contributed by atoms with Crippen molar-refractivity contribution in [2.75, 3.05) is 38.3 Å². The van der Waals surface area contributed by atoms with Crippen LogP contribution in [-0.2, 0) is 21.5 Å². The predicted molar refractivity (Wildman–Crippen MR) is 74.0 cm³/mol. The molecule has 1 aromatic rings. The fourth-order valence-electron chi connectivity index (χ4n) is 1.98. The number of nitrogens with two attached hydrogens (primary N) is 1. The summed E-state index contributed by atoms with van der Waals surface area (Å²) in [5, 5.41) is 5.05. The molecule has 1 aliphatic heterocycles. The average molecular weight is 285 g/mol. The Hall–Kier alpha value is -1.15. The van der Waals surface area contributed by atoms with Gasteiger partial charge in [0, 0.05) is 32.4 Å². The molecule has 0 atom stereocenters. The monoisotopic (exact) mass is 285 g/mol. The summed E-state index contributed by atoms with van der Waals surface area (Å²) in [5.74, 6) is 0. The minimum absolute atomic E-state index is 0.280. The number of morpholine rings is 1. The van der Waals surface area contributed by atoms with E-state index in [9.17, 15) is 8.42 Å². The van der Waals surface area contributed by atoms with E-state index in [0.717, 1.165) is 41.9 Å². The summed E-state index contributed by atoms with van der Waals surface area (Å²) < 4.78 is 28.7. The first kappa shape index (κ1) is 14.3. The van der Waals surface area contributed by atoms with Crippen LogP contribution in [0.4, 0.5) is 5.69 Å². The lowest BCUT2D eigenvalue weighted by Gasteiger charge is -2.29. The fourth-order valence-corrected chi connectivity index (χ4v) is 2.31. The smallest absolute Gasteiger partial charge is 0.276 e. The van der Waals surface area contributed by atoms with E-state index in [-0.39, 0.29) is 6.54 Å². The average Bonchev–Trinajstić information content (AvgIpc) is 2.39. The number of anilines is 1. The first-order valence-corrected chi connectivity index (χ1v) is 7.63. The first-order valence-electron chi connectivity index (χ1n) is 6.12. The highest BCUT2D eigenvalue weighted by Crippen LogP contribution is 2.17. The second-order valence-corrected chi connectivity index (χ2v) is 6.22. The molecule has 7 heteroatoms. The Morgan fingerprint density at radius 2 is 1.84 bits per heavy atom. The van der Waals surface area contributed by atoms with Gasteiger partial charge in [0.2, 0.25) is 0 Å². The van der Waals surface area contributed by atoms with Gasteiger partial charge in [-0.2, -0.15) is 12.7 Å². The summed E-state index contributed by atoms with van der Waals surface area (Å²) >= 11 is 0. The zero-order valence-electron chi connectivity index (χ0n) is 10.9. The SMILES string of the molecule is CN(Cc1ccc(N2CCOCC2)cc1)S(N)(=O)=O. The van der Waals surface area contributed by atoms with Gasteiger partial charge in [-0.15, -0.1) is 0 Å². The van der Waals surface area contributed by atoms with Crippen LogP contribution >= 0.6 is 0 Å². The molecule has 0 radical (unpaired) electrons. The Morgan fingerprint density at radius 1 is 1.26 bits per heavy atom. The molecule has 0 saturated carbocycles. The molecule has 2 N–H and O–H groups in total. The molecule has 0 aromatic heterocycles. The summed E-state index contributed by atoms with van der Waals surface area (Å²) in [4.78, 5) is 2.25. The summed E-state index contributed by atoms with van der Waals surface area (Å²) in [6.07, 6.45) is 0. The van der Waals surface area contributed by atoms with Gasteiger partial charge >= 0.3 is 0 Å². The van der Waals surface area contributed by atoms with E-state index in [1.807, 2.05) is 24.3 Å². The zero-order chi connectivity index (χ0) is 13.9. The van der Waals surface area contributed by atoms with Gasteiger partial charge < -0.3 is 9.64 Å². The van der Waals surface area contributed by atoms with E-state index >= 15 is 0 Å². The second kappa shape index (κ2) is 5.87. The molecule has 1 aliphatic rings. The summed E-state index contributed by atoms with van der Waals surface area (Å²) in [6.45, 7) is 3.54. The molecule has 2 rings (SSSR count). The van der Waals surface area contributed by atoms with E-state index < -0.39 is 10.2 Å². The Balaban J connectivity index is 2.02. The molecule has 1 aromatic carbocycles. The number of ether oxygens (including phenoxy) is 1. The van der Waals surface area contributed by atoms with Crippen LogP contribution in [-0.4, -0.2) is 46.1 Å². The van der Waals surface area contributed by atoms with Crippen molar-refractivity contribution in [2.24, 2.45) is 5.14 Å². The molecule has 0 amide bonds. The second-order valence-electron chi connectivity index (χ2n) is 4.57. The van der Waals surface area contributed by atoms with Crippen LogP contribution in [0.2, 0.25) is 0 Å². The Kier molecular flexibility index (Phi) is 4.41. The molecular formula is C12H19N3O3S. The standard InChI is InChI=1S/C12H19N3O3S/c1-14(19(13,16)17)10-11-2-4-12(5-3-11)15-6-8-18-9-7-15/h2-5H,6-10H2,1H3,(H2,13,16,17). The van der Waals surface area contributed by atoms with Gasteiger partial charge in [-0.3, -0.25) is 0 Å². The van der Waals surface area contributed by atoms with E-state index in [0.29, 0.717) is 0 Å². The van der Waals surface area contributed by atoms with Gasteiger partial charge in [0.15, 0.2) is 0 Å². The highest BCUT2D eigenvalue weighted by molar-refractivity contribution is 7.86. The largest absolute Gasteiger partial charge is 0.378 e. The zero-order valence-corrected chi connectivity index (χ0v) is 11.8. The van der Waals surface area contributed by atoms with Crippen molar-refractivity contribution in [1.29, 1.82) is 0 Å². The van der Waals surface area contributed by atoms with Crippen molar-refractivity contribution in [3.63, 3.8) is 0 Å². The molecule has 0 bridgehead atoms. The van der Waals surface area contributed by atoms with Crippen molar-refractivity contribution in [3.8, 4) is 0 Å². The van der Waals surface area contributed by atoms with E-state index in [1.165, 1.54) is 7.05 Å². The Bertz CT molecular complexity index is 510. The van der Waals surface area contributed by atoms with Gasteiger partial charge in [0.1, 0.15) is 0 Å². The molecular weight excluding hydrogens is 266 g/mol. The minimum Gasteiger partial charge on any atom is -0.378 e. The Labute approximate surface area is 113 Å². The van der Waals surface area contributed by atoms with Crippen molar-refractivity contribution < 1.29 is 13.2 Å². The van der Waals surface area contributed by atoms with Gasteiger partial charge in [-0.05, 0) is 17.7 Å². The lowest BCUT2D eigenvalue weighted by atomic mass is 10.2. The van der Waals surface area contributed by atoms with Crippen LogP contribution in [0.5, 0.6) is 0 Å². The number of nitrogens with zero attached hydrogens (tertiary/aromatic N) is 2. The number of hydrogen-bond donors (Lipinski definition) is 1. The molecule has 0 unspecified atom stereocenters. The van der Waals surface area contributed by atoms with E-state index in [1.54, 1.807) is 0 Å². The summed E-state index contributed by atoms with van der Waals surface area (Å²) in [5.41, 5.74) is 2.04. The van der Waals surface area contributed by atoms with Gasteiger partial charge in [0.05, 0.1) is 13.2 Å². The molecule has 1 fully saturated rings. The molecule has 106 valence electrons. The van der Waals surface area contributed by atoms with Crippen LogP contribution in [0, 0.1) is 0 Å². The molecule has 0 aliphatic carbocycles. The van der Waals surface area contributed by atoms with Crippen LogP contribution in [0.25, 0.3) is 0 Å². The van der Waals surface area contributed by atoms with Crippen LogP contribution in [0.3, 0.4) is 0 Å². The molecule has 1 saturated heterocycles. The third-order valence-electron chi connectivity index (χ3n) is 3.15. The van der Waals surface area contributed by atoms with Crippen molar-refractivity contribution >= 4 is 15.9 Å². The molecule has 19 heavy (non-hydrogen) atoms. The first-order chi connectivity index (χ1) is 8.97. The quantitative estimate of drug-likeness (QED) is 0.855. The van der Waals surface area contributed by atoms with Gasteiger partial charge in [-0.1, -0.05) is 12.1 Å². The Morgan fingerprint density at radius 3 is 2.37 bits per heavy atom. The lowest BCUT2D eigenvalue weighted by molar-refractivity contribution is 0.122. The maximum absolute atomic E-state index is 11.1. The summed E-state index contributed by atoms with van der Waals surface area (Å²) in [7, 11) is -2.16. The molecule has 6 nitrogen and oxygen atoms in total. The van der Waals surface area contributed by atoms with E-state index in [2.05, 4.69) is 4.90 Å². The lowest BCUT2D eigenvalue weighted by Crippen LogP contribution is -2.36. The van der Waals surface area contributed by atoms with Crippen LogP contribution in [0.15, 0.2) is 24.3 Å². The third-order valence-corrected chi connectivity index (χ3v) is 4.15. The predicted octanol–water partition coefficient (Wildman–Crippen LogP) is 0.159. The van der Waals surface area contributed by atoms with Gasteiger partial charge in [-0.25, -0.2) is 5.14 Å². The number of rotatable bonds is 4. The fraction of sp³-hybridized carbons (Fsp3) is 0.500. The number of hydrogen-bond acceptors (Lipinski definition) is 4. The van der Waals surface area contributed by atoms with Crippen molar-refractivity contribution in [3.05, 3.63) is 29.8 Å². The topological polar surface area (TPSA) is 75.9 Å².